The summed E-state index contributed by atoms with van der Waals surface area (Å²) in [6, 6.07) is 0. The number of aliphatic hydroxyl groups is 1. The third-order valence-corrected chi connectivity index (χ3v) is 9.03. The fourth-order valence-electron chi connectivity index (χ4n) is 7.72. The number of hydrogen-bond acceptors (Lipinski definition) is 4. The van der Waals surface area contributed by atoms with Crippen molar-refractivity contribution in [2.24, 2.45) is 28.6 Å². The van der Waals surface area contributed by atoms with Crippen LogP contribution in [0, 0.1) is 28.6 Å². The summed E-state index contributed by atoms with van der Waals surface area (Å²) in [7, 11) is 0. The summed E-state index contributed by atoms with van der Waals surface area (Å²) in [4.78, 5) is 24.5. The van der Waals surface area contributed by atoms with Crippen molar-refractivity contribution >= 4 is 11.6 Å². The fraction of sp³-hybridized carbons (Fsp3) is 0.727. The third kappa shape index (κ3) is 1.69. The molecule has 5 rings (SSSR count). The van der Waals surface area contributed by atoms with Crippen LogP contribution in [-0.2, 0) is 14.3 Å². The summed E-state index contributed by atoms with van der Waals surface area (Å²) in [5.41, 5.74) is -3.44. The quantitative estimate of drug-likeness (QED) is 0.708. The van der Waals surface area contributed by atoms with E-state index in [9.17, 15) is 14.7 Å². The van der Waals surface area contributed by atoms with E-state index in [0.717, 1.165) is 12.0 Å². The average Bonchev–Trinajstić information content (AvgIpc) is 2.84. The number of rotatable bonds is 0. The van der Waals surface area contributed by atoms with E-state index in [1.165, 1.54) is 6.08 Å². The minimum Gasteiger partial charge on any atom is -0.390 e. The molecular formula is C22H27FO4. The van der Waals surface area contributed by atoms with Gasteiger partial charge < -0.3 is 9.84 Å². The monoisotopic (exact) mass is 374 g/mol. The number of halogens is 1. The van der Waals surface area contributed by atoms with Crippen molar-refractivity contribution in [3.05, 3.63) is 23.8 Å². The lowest BCUT2D eigenvalue weighted by Crippen LogP contribution is -2.72. The molecule has 27 heavy (non-hydrogen) atoms. The summed E-state index contributed by atoms with van der Waals surface area (Å²) in [6.07, 6.45) is 5.65. The van der Waals surface area contributed by atoms with Crippen LogP contribution in [0.1, 0.15) is 46.5 Å². The van der Waals surface area contributed by atoms with Crippen molar-refractivity contribution < 1.29 is 23.8 Å². The first-order valence-corrected chi connectivity index (χ1v) is 10.1. The number of aliphatic hydroxyl groups excluding tert-OH is 1. The molecule has 3 unspecified atom stereocenters. The predicted molar refractivity (Wildman–Crippen MR) is 96.6 cm³/mol. The van der Waals surface area contributed by atoms with Crippen LogP contribution in [0.5, 0.6) is 0 Å². The molecule has 146 valence electrons. The number of carbonyl (C=O) groups excluding carboxylic acids is 2. The first-order valence-electron chi connectivity index (χ1n) is 10.1. The lowest BCUT2D eigenvalue weighted by Gasteiger charge is -2.64. The number of carbonyl (C=O) groups is 2. The van der Waals surface area contributed by atoms with Gasteiger partial charge in [-0.25, -0.2) is 4.39 Å². The first kappa shape index (κ1) is 17.7. The van der Waals surface area contributed by atoms with Gasteiger partial charge in [0.15, 0.2) is 17.2 Å². The molecule has 1 spiro atoms. The molecule has 1 N–H and O–H groups in total. The molecule has 3 saturated carbocycles. The summed E-state index contributed by atoms with van der Waals surface area (Å²) < 4.78 is 22.8. The molecule has 0 bridgehead atoms. The second-order valence-corrected chi connectivity index (χ2v) is 9.85. The maximum Gasteiger partial charge on any atom is 0.191 e. The molecule has 8 atom stereocenters. The molecule has 0 aromatic carbocycles. The Balaban J connectivity index is 1.64. The van der Waals surface area contributed by atoms with E-state index in [0.29, 0.717) is 12.8 Å². The molecule has 1 aliphatic heterocycles. The molecule has 0 amide bonds. The summed E-state index contributed by atoms with van der Waals surface area (Å²) >= 11 is 0. The van der Waals surface area contributed by atoms with Crippen LogP contribution in [0.4, 0.5) is 4.39 Å². The van der Waals surface area contributed by atoms with Gasteiger partial charge in [-0.05, 0) is 56.6 Å². The van der Waals surface area contributed by atoms with Crippen molar-refractivity contribution in [3.63, 3.8) is 0 Å². The van der Waals surface area contributed by atoms with Gasteiger partial charge in [0.1, 0.15) is 12.2 Å². The molecular weight excluding hydrogens is 347 g/mol. The van der Waals surface area contributed by atoms with E-state index in [2.05, 4.69) is 0 Å². The molecule has 0 aromatic heterocycles. The Bertz CT molecular complexity index is 817. The molecule has 0 aromatic rings. The second kappa shape index (κ2) is 4.98. The lowest BCUT2D eigenvalue weighted by atomic mass is 9.44. The minimum absolute atomic E-state index is 0.0189. The second-order valence-electron chi connectivity index (χ2n) is 9.85. The molecule has 4 aliphatic carbocycles. The Hall–Kier alpha value is -1.33. The van der Waals surface area contributed by atoms with E-state index >= 15 is 4.39 Å². The number of Topliss-reactive ketones (excluding diaryl/α,β-unsaturated/α-hetero) is 1. The lowest BCUT2D eigenvalue weighted by molar-refractivity contribution is -0.250. The largest absolute Gasteiger partial charge is 0.390 e. The highest BCUT2D eigenvalue weighted by Crippen LogP contribution is 2.72. The Labute approximate surface area is 158 Å². The first-order chi connectivity index (χ1) is 12.6. The van der Waals surface area contributed by atoms with Crippen LogP contribution >= 0.6 is 0 Å². The molecule has 5 aliphatic rings. The molecule has 1 heterocycles. The normalized spacial score (nSPS) is 56.3. The Kier molecular flexibility index (Phi) is 3.27. The zero-order chi connectivity index (χ0) is 19.4. The molecule has 5 heteroatoms. The number of alkyl halides is 1. The van der Waals surface area contributed by atoms with Crippen LogP contribution < -0.4 is 0 Å². The number of hydrogen-bond donors (Lipinski definition) is 1. The number of ether oxygens (including phenoxy) is 1. The van der Waals surface area contributed by atoms with E-state index in [1.807, 2.05) is 20.8 Å². The summed E-state index contributed by atoms with van der Waals surface area (Å²) in [5.74, 6) is -0.359. The molecule has 0 radical (unpaired) electrons. The zero-order valence-corrected chi connectivity index (χ0v) is 16.1. The molecule has 4 nitrogen and oxygen atoms in total. The van der Waals surface area contributed by atoms with Gasteiger partial charge in [-0.15, -0.1) is 0 Å². The Morgan fingerprint density at radius 3 is 2.63 bits per heavy atom. The van der Waals surface area contributed by atoms with Crippen molar-refractivity contribution in [1.29, 1.82) is 0 Å². The van der Waals surface area contributed by atoms with Crippen molar-refractivity contribution in [2.75, 3.05) is 6.61 Å². The maximum atomic E-state index is 16.9. The van der Waals surface area contributed by atoms with Gasteiger partial charge in [0.25, 0.3) is 0 Å². The van der Waals surface area contributed by atoms with Gasteiger partial charge in [-0.1, -0.05) is 25.5 Å². The van der Waals surface area contributed by atoms with E-state index in [1.54, 1.807) is 12.2 Å². The van der Waals surface area contributed by atoms with Crippen LogP contribution in [-0.4, -0.2) is 40.7 Å². The average molecular weight is 374 g/mol. The van der Waals surface area contributed by atoms with Crippen LogP contribution in [0.15, 0.2) is 23.8 Å². The Morgan fingerprint density at radius 2 is 2.00 bits per heavy atom. The molecule has 4 fully saturated rings. The van der Waals surface area contributed by atoms with Crippen molar-refractivity contribution in [1.82, 2.24) is 0 Å². The van der Waals surface area contributed by atoms with Crippen LogP contribution in [0.3, 0.4) is 0 Å². The zero-order valence-electron chi connectivity index (χ0n) is 16.1. The van der Waals surface area contributed by atoms with E-state index in [4.69, 9.17) is 4.74 Å². The van der Waals surface area contributed by atoms with Gasteiger partial charge in [-0.2, -0.15) is 0 Å². The number of ketones is 2. The standard InChI is InChI=1S/C22H27FO4/c1-12-8-16-15-5-4-13-9-14(24)6-7-19(13,2)21(15,23)17(25)10-20(16,3)22(12)18(26)11-27-22/h6-7,9,12,15-17,25H,4-5,8,10-11H2,1-3H3/t12?,15-,16-,17-,19-,20-,21?,22?/m0/s1. The Morgan fingerprint density at radius 1 is 1.26 bits per heavy atom. The van der Waals surface area contributed by atoms with Crippen LogP contribution in [0.2, 0.25) is 0 Å². The number of fused-ring (bicyclic) bond motifs is 6. The fourth-order valence-corrected chi connectivity index (χ4v) is 7.72. The highest BCUT2D eigenvalue weighted by molar-refractivity contribution is 6.01. The van der Waals surface area contributed by atoms with Crippen LogP contribution in [0.25, 0.3) is 0 Å². The van der Waals surface area contributed by atoms with E-state index in [-0.39, 0.29) is 42.3 Å². The van der Waals surface area contributed by atoms with Crippen molar-refractivity contribution in [3.8, 4) is 0 Å². The smallest absolute Gasteiger partial charge is 0.191 e. The van der Waals surface area contributed by atoms with Gasteiger partial charge in [-0.3, -0.25) is 9.59 Å². The minimum atomic E-state index is -1.84. The maximum absolute atomic E-state index is 16.9. The van der Waals surface area contributed by atoms with Gasteiger partial charge in [0.2, 0.25) is 0 Å². The van der Waals surface area contributed by atoms with Gasteiger partial charge >= 0.3 is 0 Å². The highest BCUT2D eigenvalue weighted by Gasteiger charge is 2.78. The predicted octanol–water partition coefficient (Wildman–Crippen LogP) is 2.94. The highest BCUT2D eigenvalue weighted by atomic mass is 19.1. The summed E-state index contributed by atoms with van der Waals surface area (Å²) in [5, 5.41) is 11.2. The van der Waals surface area contributed by atoms with Gasteiger partial charge in [0, 0.05) is 16.7 Å². The third-order valence-electron chi connectivity index (χ3n) is 9.03. The molecule has 1 saturated heterocycles. The van der Waals surface area contributed by atoms with Crippen molar-refractivity contribution in [2.45, 2.75) is 63.8 Å². The number of allylic oxidation sites excluding steroid dienone is 4. The van der Waals surface area contributed by atoms with E-state index < -0.39 is 28.2 Å². The SMILES string of the molecule is CC1C[C@H]2[C@@H]3CCC4=CC(=O)C=C[C@]4(C)C3(F)[C@@H](O)C[C@]2(C)C12OCC2=O. The summed E-state index contributed by atoms with van der Waals surface area (Å²) in [6.45, 7) is 6.00. The van der Waals surface area contributed by atoms with Gasteiger partial charge in [0.05, 0.1) is 6.10 Å². The topological polar surface area (TPSA) is 63.6 Å².